The molecule has 1 saturated heterocycles. The number of hydrogen-bond donors (Lipinski definition) is 1. The number of alkyl halides is 3. The molecule has 0 unspecified atom stereocenters. The van der Waals surface area contributed by atoms with E-state index in [1.807, 2.05) is 4.90 Å². The Morgan fingerprint density at radius 3 is 2.32 bits per heavy atom. The first-order valence-electron chi connectivity index (χ1n) is 11.5. The lowest BCUT2D eigenvalue weighted by Gasteiger charge is -2.34. The lowest BCUT2D eigenvalue weighted by Crippen LogP contribution is -2.49. The largest absolute Gasteiger partial charge is 0.455 e. The number of ketones is 1. The number of hydrogen-bond acceptors (Lipinski definition) is 8. The highest BCUT2D eigenvalue weighted by Crippen LogP contribution is 2.37. The summed E-state index contributed by atoms with van der Waals surface area (Å²) < 4.78 is 58.4. The van der Waals surface area contributed by atoms with Crippen molar-refractivity contribution in [2.45, 2.75) is 32.5 Å². The van der Waals surface area contributed by atoms with E-state index in [1.54, 1.807) is 25.7 Å². The molecule has 1 aromatic carbocycles. The number of hydrazone groups is 1. The van der Waals surface area contributed by atoms with E-state index in [4.69, 9.17) is 4.74 Å². The van der Waals surface area contributed by atoms with E-state index in [0.29, 0.717) is 37.5 Å². The van der Waals surface area contributed by atoms with Crippen LogP contribution >= 0.6 is 11.3 Å². The van der Waals surface area contributed by atoms with E-state index in [1.165, 1.54) is 30.4 Å². The van der Waals surface area contributed by atoms with Gasteiger partial charge in [0.2, 0.25) is 0 Å². The summed E-state index contributed by atoms with van der Waals surface area (Å²) in [5.74, 6) is -2.44. The van der Waals surface area contributed by atoms with E-state index in [2.05, 4.69) is 22.1 Å². The van der Waals surface area contributed by atoms with Crippen LogP contribution < -0.4 is 10.3 Å². The lowest BCUT2D eigenvalue weighted by molar-refractivity contribution is -0.0882. The molecule has 0 saturated carbocycles. The summed E-state index contributed by atoms with van der Waals surface area (Å²) in [7, 11) is 1.50. The molecule has 1 N–H and O–H groups in total. The van der Waals surface area contributed by atoms with Crippen LogP contribution in [0.3, 0.4) is 0 Å². The molecule has 206 valence electrons. The molecule has 3 rings (SSSR count). The van der Waals surface area contributed by atoms with E-state index in [9.17, 15) is 27.2 Å². The first-order chi connectivity index (χ1) is 17.7. The summed E-state index contributed by atoms with van der Waals surface area (Å²) in [6.45, 7) is 11.1. The van der Waals surface area contributed by atoms with Crippen LogP contribution in [0.15, 0.2) is 41.8 Å². The second-order valence-corrected chi connectivity index (χ2v) is 10.4. The Hall–Kier alpha value is -3.68. The van der Waals surface area contributed by atoms with Gasteiger partial charge in [-0.15, -0.1) is 0 Å². The zero-order chi connectivity index (χ0) is 28.3. The summed E-state index contributed by atoms with van der Waals surface area (Å²) in [6, 6.07) is 4.65. The van der Waals surface area contributed by atoms with Crippen LogP contribution in [0, 0.1) is 5.82 Å². The number of nitrogens with zero attached hydrogens (tertiary/aromatic N) is 5. The normalized spacial score (nSPS) is 14.5. The van der Waals surface area contributed by atoms with Crippen molar-refractivity contribution in [3.63, 3.8) is 0 Å². The summed E-state index contributed by atoms with van der Waals surface area (Å²) in [6.07, 6.45) is -3.96. The standard InChI is InChI=1S/C24H28F4N6O3S/c1-15(31-29-14-33-10-12-34(13-11-33)22(36)37-23(2,3)4)32(5)21-30-18(16-6-8-17(25)9-7-16)19(38-21)20(35)24(26,27)28/h6-9,14,31H,1,10-13H2,2-5H3/b29-14+. The van der Waals surface area contributed by atoms with Gasteiger partial charge in [-0.3, -0.25) is 10.2 Å². The third kappa shape index (κ3) is 7.43. The topological polar surface area (TPSA) is 90.4 Å². The second kappa shape index (κ2) is 11.4. The van der Waals surface area contributed by atoms with Crippen molar-refractivity contribution in [3.8, 4) is 11.3 Å². The van der Waals surface area contributed by atoms with Crippen molar-refractivity contribution < 1.29 is 31.9 Å². The smallest absolute Gasteiger partial charge is 0.444 e. The molecule has 1 aliphatic rings. The molecule has 1 aromatic heterocycles. The maximum absolute atomic E-state index is 13.3. The molecule has 0 aliphatic carbocycles. The molecular weight excluding hydrogens is 528 g/mol. The zero-order valence-electron chi connectivity index (χ0n) is 21.3. The number of nitrogens with one attached hydrogen (secondary N) is 1. The number of amides is 1. The Labute approximate surface area is 221 Å². The molecular formula is C24H28F4N6O3S. The van der Waals surface area contributed by atoms with Gasteiger partial charge in [0.05, 0.1) is 5.69 Å². The van der Waals surface area contributed by atoms with Gasteiger partial charge in [-0.1, -0.05) is 17.9 Å². The number of thiazole rings is 1. The molecule has 38 heavy (non-hydrogen) atoms. The number of anilines is 1. The maximum Gasteiger partial charge on any atom is 0.455 e. The van der Waals surface area contributed by atoms with Crippen molar-refractivity contribution in [3.05, 3.63) is 47.4 Å². The Bertz CT molecular complexity index is 1200. The van der Waals surface area contributed by atoms with Gasteiger partial charge < -0.3 is 19.4 Å². The predicted molar refractivity (Wildman–Crippen MR) is 136 cm³/mol. The van der Waals surface area contributed by atoms with Crippen LogP contribution in [-0.4, -0.2) is 78.0 Å². The van der Waals surface area contributed by atoms with Crippen LogP contribution in [0.1, 0.15) is 30.4 Å². The molecule has 1 amide bonds. The average molecular weight is 557 g/mol. The van der Waals surface area contributed by atoms with Crippen molar-refractivity contribution in [2.24, 2.45) is 5.10 Å². The number of carbonyl (C=O) groups is 2. The number of halogens is 4. The summed E-state index contributed by atoms with van der Waals surface area (Å²) in [5.41, 5.74) is 2.07. The van der Waals surface area contributed by atoms with Crippen LogP contribution in [0.5, 0.6) is 0 Å². The predicted octanol–water partition coefficient (Wildman–Crippen LogP) is 4.69. The SMILES string of the molecule is C=C(N/N=C/N1CCN(C(=O)OC(C)(C)C)CC1)N(C)c1nc(-c2ccc(F)cc2)c(C(=O)C(F)(F)F)s1. The van der Waals surface area contributed by atoms with Gasteiger partial charge in [-0.25, -0.2) is 14.2 Å². The van der Waals surface area contributed by atoms with Crippen molar-refractivity contribution in [1.82, 2.24) is 20.2 Å². The van der Waals surface area contributed by atoms with Gasteiger partial charge >= 0.3 is 12.3 Å². The highest BCUT2D eigenvalue weighted by atomic mass is 32.1. The summed E-state index contributed by atoms with van der Waals surface area (Å²) in [4.78, 5) is 32.7. The van der Waals surface area contributed by atoms with Crippen LogP contribution in [0.4, 0.5) is 27.5 Å². The molecule has 1 fully saturated rings. The van der Waals surface area contributed by atoms with E-state index in [-0.39, 0.29) is 28.3 Å². The fraction of sp³-hybridized carbons (Fsp3) is 0.417. The quantitative estimate of drug-likeness (QED) is 0.174. The van der Waals surface area contributed by atoms with Crippen molar-refractivity contribution in [2.75, 3.05) is 38.1 Å². The number of benzene rings is 1. The van der Waals surface area contributed by atoms with Gasteiger partial charge in [-0.05, 0) is 45.0 Å². The van der Waals surface area contributed by atoms with Crippen LogP contribution in [0.2, 0.25) is 0 Å². The highest BCUT2D eigenvalue weighted by Gasteiger charge is 2.42. The molecule has 9 nitrogen and oxygen atoms in total. The van der Waals surface area contributed by atoms with Gasteiger partial charge in [0.1, 0.15) is 28.5 Å². The Kier molecular flexibility index (Phi) is 8.65. The van der Waals surface area contributed by atoms with E-state index in [0.717, 1.165) is 12.1 Å². The summed E-state index contributed by atoms with van der Waals surface area (Å²) >= 11 is 0.537. The maximum atomic E-state index is 13.3. The van der Waals surface area contributed by atoms with Crippen molar-refractivity contribution in [1.29, 1.82) is 0 Å². The number of piperazine rings is 1. The fourth-order valence-electron chi connectivity index (χ4n) is 3.26. The molecule has 2 aromatic rings. The average Bonchev–Trinajstić information content (AvgIpc) is 3.27. The first-order valence-corrected chi connectivity index (χ1v) is 12.3. The zero-order valence-corrected chi connectivity index (χ0v) is 22.1. The minimum Gasteiger partial charge on any atom is -0.444 e. The number of Topliss-reactive ketones (excluding diaryl/α,β-unsaturated/α-hetero) is 1. The van der Waals surface area contributed by atoms with Gasteiger partial charge in [0.15, 0.2) is 5.13 Å². The van der Waals surface area contributed by atoms with E-state index < -0.39 is 28.3 Å². The minimum atomic E-state index is -5.11. The summed E-state index contributed by atoms with van der Waals surface area (Å²) in [5, 5.41) is 4.16. The third-order valence-electron chi connectivity index (χ3n) is 5.27. The fourth-order valence-corrected chi connectivity index (χ4v) is 4.30. The third-order valence-corrected chi connectivity index (χ3v) is 6.40. The molecule has 0 bridgehead atoms. The Morgan fingerprint density at radius 2 is 1.76 bits per heavy atom. The molecule has 0 spiro atoms. The van der Waals surface area contributed by atoms with Crippen molar-refractivity contribution >= 4 is 34.7 Å². The second-order valence-electron chi connectivity index (χ2n) is 9.37. The van der Waals surface area contributed by atoms with Gasteiger partial charge in [0.25, 0.3) is 5.78 Å². The molecule has 2 heterocycles. The number of rotatable bonds is 7. The molecule has 14 heteroatoms. The lowest BCUT2D eigenvalue weighted by atomic mass is 10.1. The number of ether oxygens (including phenoxy) is 1. The minimum absolute atomic E-state index is 0.0515. The molecule has 1 aliphatic heterocycles. The highest BCUT2D eigenvalue weighted by molar-refractivity contribution is 7.18. The monoisotopic (exact) mass is 556 g/mol. The molecule has 0 atom stereocenters. The van der Waals surface area contributed by atoms with Gasteiger partial charge in [0, 0.05) is 38.8 Å². The van der Waals surface area contributed by atoms with Crippen LogP contribution in [0.25, 0.3) is 11.3 Å². The van der Waals surface area contributed by atoms with E-state index >= 15 is 0 Å². The van der Waals surface area contributed by atoms with Crippen LogP contribution in [-0.2, 0) is 4.74 Å². The first kappa shape index (κ1) is 28.9. The number of aromatic nitrogens is 1. The number of carbonyl (C=O) groups excluding carboxylic acids is 2. The van der Waals surface area contributed by atoms with Gasteiger partial charge in [-0.2, -0.15) is 18.3 Å². The Balaban J connectivity index is 1.65. The Morgan fingerprint density at radius 1 is 1.16 bits per heavy atom. The molecule has 0 radical (unpaired) electrons.